The molecule has 1 N–H and O–H groups in total. The summed E-state index contributed by atoms with van der Waals surface area (Å²) < 4.78 is 7.38. The Labute approximate surface area is 119 Å². The monoisotopic (exact) mass is 278 g/mol. The highest BCUT2D eigenvalue weighted by Gasteiger charge is 2.35. The van der Waals surface area contributed by atoms with Gasteiger partial charge in [0.2, 0.25) is 5.91 Å². The SMILES string of the molecule is C[C@H]1OCCN[C@@H]1C(=O)N1CCC(c2cnn(C)c2)C1. The van der Waals surface area contributed by atoms with E-state index in [0.717, 1.165) is 26.1 Å². The van der Waals surface area contributed by atoms with E-state index in [2.05, 4.69) is 10.4 Å². The minimum Gasteiger partial charge on any atom is -0.375 e. The Hall–Kier alpha value is -1.40. The number of carbonyl (C=O) groups is 1. The lowest BCUT2D eigenvalue weighted by Crippen LogP contribution is -2.56. The number of amides is 1. The van der Waals surface area contributed by atoms with Crippen molar-refractivity contribution in [3.8, 4) is 0 Å². The highest BCUT2D eigenvalue weighted by Crippen LogP contribution is 2.27. The second-order valence-corrected chi connectivity index (χ2v) is 5.72. The van der Waals surface area contributed by atoms with Gasteiger partial charge in [0, 0.05) is 38.8 Å². The maximum Gasteiger partial charge on any atom is 0.242 e. The van der Waals surface area contributed by atoms with Crippen LogP contribution >= 0.6 is 0 Å². The molecule has 2 fully saturated rings. The predicted molar refractivity (Wildman–Crippen MR) is 74.4 cm³/mol. The van der Waals surface area contributed by atoms with Crippen molar-refractivity contribution >= 4 is 5.91 Å². The van der Waals surface area contributed by atoms with Crippen LogP contribution in [0, 0.1) is 0 Å². The number of hydrogen-bond donors (Lipinski definition) is 1. The summed E-state index contributed by atoms with van der Waals surface area (Å²) in [5, 5.41) is 7.49. The Kier molecular flexibility index (Phi) is 3.76. The Morgan fingerprint density at radius 2 is 2.40 bits per heavy atom. The summed E-state index contributed by atoms with van der Waals surface area (Å²) in [5.41, 5.74) is 1.23. The fourth-order valence-electron chi connectivity index (χ4n) is 3.09. The number of likely N-dealkylation sites (tertiary alicyclic amines) is 1. The molecule has 6 nitrogen and oxygen atoms in total. The standard InChI is InChI=1S/C14H22N4O2/c1-10-13(15-4-6-20-10)14(19)18-5-3-11(9-18)12-7-16-17(2)8-12/h7-8,10-11,13,15H,3-6,9H2,1-2H3/t10-,11?,13+/m1/s1. The van der Waals surface area contributed by atoms with Crippen molar-refractivity contribution in [3.05, 3.63) is 18.0 Å². The third kappa shape index (κ3) is 2.58. The van der Waals surface area contributed by atoms with E-state index in [1.54, 1.807) is 0 Å². The van der Waals surface area contributed by atoms with Crippen molar-refractivity contribution in [1.29, 1.82) is 0 Å². The first-order chi connectivity index (χ1) is 9.65. The number of carbonyl (C=O) groups excluding carboxylic acids is 1. The second-order valence-electron chi connectivity index (χ2n) is 5.72. The first-order valence-electron chi connectivity index (χ1n) is 7.27. The van der Waals surface area contributed by atoms with Crippen LogP contribution in [0.15, 0.2) is 12.4 Å². The molecule has 0 spiro atoms. The molecule has 0 bridgehead atoms. The molecule has 2 aliphatic rings. The van der Waals surface area contributed by atoms with Gasteiger partial charge < -0.3 is 15.0 Å². The summed E-state index contributed by atoms with van der Waals surface area (Å²) in [6.45, 7) is 5.01. The van der Waals surface area contributed by atoms with Gasteiger partial charge in [-0.3, -0.25) is 9.48 Å². The maximum atomic E-state index is 12.6. The minimum atomic E-state index is -0.198. The van der Waals surface area contributed by atoms with Gasteiger partial charge in [0.25, 0.3) is 0 Å². The van der Waals surface area contributed by atoms with Crippen molar-refractivity contribution < 1.29 is 9.53 Å². The second kappa shape index (κ2) is 5.54. The Morgan fingerprint density at radius 1 is 1.55 bits per heavy atom. The molecule has 1 aromatic heterocycles. The van der Waals surface area contributed by atoms with Gasteiger partial charge in [-0.05, 0) is 18.9 Å². The van der Waals surface area contributed by atoms with Gasteiger partial charge in [-0.1, -0.05) is 0 Å². The van der Waals surface area contributed by atoms with Crippen molar-refractivity contribution in [1.82, 2.24) is 20.0 Å². The molecule has 0 saturated carbocycles. The molecular weight excluding hydrogens is 256 g/mol. The lowest BCUT2D eigenvalue weighted by molar-refractivity contribution is -0.138. The van der Waals surface area contributed by atoms with Crippen LogP contribution in [0.5, 0.6) is 0 Å². The number of nitrogens with one attached hydrogen (secondary N) is 1. The van der Waals surface area contributed by atoms with Crippen LogP contribution in [0.3, 0.4) is 0 Å². The van der Waals surface area contributed by atoms with Crippen LogP contribution < -0.4 is 5.32 Å². The lowest BCUT2D eigenvalue weighted by atomic mass is 10.0. The van der Waals surface area contributed by atoms with Crippen LogP contribution in [0.2, 0.25) is 0 Å². The molecule has 2 saturated heterocycles. The number of morpholine rings is 1. The number of aryl methyl sites for hydroxylation is 1. The smallest absolute Gasteiger partial charge is 0.242 e. The summed E-state index contributed by atoms with van der Waals surface area (Å²) in [4.78, 5) is 14.5. The van der Waals surface area contributed by atoms with Gasteiger partial charge in [0.05, 0.1) is 18.9 Å². The third-order valence-corrected chi connectivity index (χ3v) is 4.28. The first kappa shape index (κ1) is 13.6. The summed E-state index contributed by atoms with van der Waals surface area (Å²) in [5.74, 6) is 0.580. The van der Waals surface area contributed by atoms with Crippen LogP contribution in [-0.2, 0) is 16.6 Å². The van der Waals surface area contributed by atoms with E-state index in [1.165, 1.54) is 5.56 Å². The molecule has 2 aliphatic heterocycles. The summed E-state index contributed by atoms with van der Waals surface area (Å²) in [7, 11) is 1.92. The first-order valence-corrected chi connectivity index (χ1v) is 7.27. The molecule has 6 heteroatoms. The van der Waals surface area contributed by atoms with Crippen molar-refractivity contribution in [2.24, 2.45) is 7.05 Å². The molecule has 0 aromatic carbocycles. The van der Waals surface area contributed by atoms with Gasteiger partial charge in [-0.25, -0.2) is 0 Å². The van der Waals surface area contributed by atoms with Gasteiger partial charge >= 0.3 is 0 Å². The molecule has 3 rings (SSSR count). The zero-order valence-corrected chi connectivity index (χ0v) is 12.1. The van der Waals surface area contributed by atoms with Gasteiger partial charge in [0.1, 0.15) is 6.04 Å². The quantitative estimate of drug-likeness (QED) is 0.834. The summed E-state index contributed by atoms with van der Waals surface area (Å²) in [6, 6.07) is -0.198. The van der Waals surface area contributed by atoms with E-state index in [0.29, 0.717) is 12.5 Å². The van der Waals surface area contributed by atoms with Crippen LogP contribution in [-0.4, -0.2) is 59.0 Å². The van der Waals surface area contributed by atoms with Crippen LogP contribution in [0.25, 0.3) is 0 Å². The molecule has 3 atom stereocenters. The van der Waals surface area contributed by atoms with E-state index < -0.39 is 0 Å². The van der Waals surface area contributed by atoms with Gasteiger partial charge in [-0.15, -0.1) is 0 Å². The van der Waals surface area contributed by atoms with E-state index in [1.807, 2.05) is 35.9 Å². The topological polar surface area (TPSA) is 59.4 Å². The summed E-state index contributed by atoms with van der Waals surface area (Å²) in [6.07, 6.45) is 4.92. The van der Waals surface area contributed by atoms with E-state index in [4.69, 9.17) is 4.74 Å². The molecule has 0 radical (unpaired) electrons. The Morgan fingerprint density at radius 3 is 3.10 bits per heavy atom. The fourth-order valence-corrected chi connectivity index (χ4v) is 3.09. The van der Waals surface area contributed by atoms with Crippen molar-refractivity contribution in [3.63, 3.8) is 0 Å². The minimum absolute atomic E-state index is 0.0475. The number of aromatic nitrogens is 2. The summed E-state index contributed by atoms with van der Waals surface area (Å²) >= 11 is 0. The number of rotatable bonds is 2. The average Bonchev–Trinajstić information content (AvgIpc) is 3.07. The van der Waals surface area contributed by atoms with E-state index in [-0.39, 0.29) is 18.1 Å². The predicted octanol–water partition coefficient (Wildman–Crippen LogP) is 0.113. The number of nitrogens with zero attached hydrogens (tertiary/aromatic N) is 3. The molecular formula is C14H22N4O2. The molecule has 110 valence electrons. The lowest BCUT2D eigenvalue weighted by Gasteiger charge is -2.32. The molecule has 1 aromatic rings. The Balaban J connectivity index is 1.63. The van der Waals surface area contributed by atoms with Gasteiger partial charge in [0.15, 0.2) is 0 Å². The zero-order valence-electron chi connectivity index (χ0n) is 12.1. The molecule has 3 heterocycles. The number of ether oxygens (including phenoxy) is 1. The number of hydrogen-bond acceptors (Lipinski definition) is 4. The largest absolute Gasteiger partial charge is 0.375 e. The average molecular weight is 278 g/mol. The molecule has 0 aliphatic carbocycles. The van der Waals surface area contributed by atoms with E-state index >= 15 is 0 Å². The van der Waals surface area contributed by atoms with E-state index in [9.17, 15) is 4.79 Å². The van der Waals surface area contributed by atoms with Crippen LogP contribution in [0.1, 0.15) is 24.8 Å². The Bertz CT molecular complexity index is 487. The fraction of sp³-hybridized carbons (Fsp3) is 0.714. The molecule has 20 heavy (non-hydrogen) atoms. The highest BCUT2D eigenvalue weighted by atomic mass is 16.5. The van der Waals surface area contributed by atoms with Crippen LogP contribution in [0.4, 0.5) is 0 Å². The van der Waals surface area contributed by atoms with Gasteiger partial charge in [-0.2, -0.15) is 5.10 Å². The third-order valence-electron chi connectivity index (χ3n) is 4.28. The molecule has 1 unspecified atom stereocenters. The normalized spacial score (nSPS) is 30.7. The van der Waals surface area contributed by atoms with Crippen molar-refractivity contribution in [2.75, 3.05) is 26.2 Å². The highest BCUT2D eigenvalue weighted by molar-refractivity contribution is 5.83. The molecule has 1 amide bonds. The maximum absolute atomic E-state index is 12.6. The van der Waals surface area contributed by atoms with Crippen molar-refractivity contribution in [2.45, 2.75) is 31.4 Å². The zero-order chi connectivity index (χ0) is 14.1.